The zero-order valence-electron chi connectivity index (χ0n) is 21.6. The van der Waals surface area contributed by atoms with Crippen molar-refractivity contribution in [3.8, 4) is 17.2 Å². The molecule has 0 unspecified atom stereocenters. The highest BCUT2D eigenvalue weighted by Crippen LogP contribution is 2.37. The van der Waals surface area contributed by atoms with Crippen molar-refractivity contribution in [3.63, 3.8) is 0 Å². The van der Waals surface area contributed by atoms with E-state index in [1.165, 1.54) is 52.5 Å². The monoisotopic (exact) mass is 532 g/mol. The maximum Gasteiger partial charge on any atom is 0.328 e. The smallest absolute Gasteiger partial charge is 0.328 e. The van der Waals surface area contributed by atoms with Crippen molar-refractivity contribution in [1.29, 1.82) is 0 Å². The third-order valence-corrected chi connectivity index (χ3v) is 5.63. The molecule has 1 aliphatic carbocycles. The van der Waals surface area contributed by atoms with Crippen LogP contribution in [0.15, 0.2) is 30.5 Å². The van der Waals surface area contributed by atoms with Gasteiger partial charge in [-0.2, -0.15) is 0 Å². The molecule has 1 aromatic heterocycles. The summed E-state index contributed by atoms with van der Waals surface area (Å²) in [6, 6.07) is 3.92. The Labute approximate surface area is 218 Å². The first-order valence-electron chi connectivity index (χ1n) is 11.8. The Balaban J connectivity index is 1.76. The molecule has 2 aromatic rings. The van der Waals surface area contributed by atoms with Crippen molar-refractivity contribution in [1.82, 2.24) is 10.3 Å². The maximum atomic E-state index is 13.8. The summed E-state index contributed by atoms with van der Waals surface area (Å²) >= 11 is 0. The lowest BCUT2D eigenvalue weighted by Gasteiger charge is -2.27. The summed E-state index contributed by atoms with van der Waals surface area (Å²) in [4.78, 5) is 53.6. The Morgan fingerprint density at radius 2 is 1.71 bits per heavy atom. The van der Waals surface area contributed by atoms with Crippen LogP contribution in [-0.4, -0.2) is 55.2 Å². The van der Waals surface area contributed by atoms with Crippen LogP contribution in [0.3, 0.4) is 0 Å². The second-order valence-electron chi connectivity index (χ2n) is 8.64. The van der Waals surface area contributed by atoms with Gasteiger partial charge in [0.1, 0.15) is 23.7 Å². The number of hydrogen-bond acceptors (Lipinski definition) is 10. The van der Waals surface area contributed by atoms with Gasteiger partial charge in [-0.05, 0) is 38.8 Å². The number of methoxy groups -OCH3 is 2. The lowest BCUT2D eigenvalue weighted by molar-refractivity contribution is -0.169. The van der Waals surface area contributed by atoms with E-state index >= 15 is 0 Å². The Morgan fingerprint density at radius 1 is 1.03 bits per heavy atom. The molecule has 0 spiro atoms. The quantitative estimate of drug-likeness (QED) is 0.430. The minimum Gasteiger partial charge on any atom is -0.496 e. The van der Waals surface area contributed by atoms with Crippen molar-refractivity contribution < 1.29 is 47.3 Å². The van der Waals surface area contributed by atoms with Gasteiger partial charge >= 0.3 is 17.9 Å². The second-order valence-corrected chi connectivity index (χ2v) is 8.64. The number of aromatic nitrogens is 1. The first-order chi connectivity index (χ1) is 18.0. The average Bonchev–Trinajstić information content (AvgIpc) is 3.72. The minimum absolute atomic E-state index is 0.0952. The Morgan fingerprint density at radius 3 is 2.32 bits per heavy atom. The van der Waals surface area contributed by atoms with Crippen LogP contribution in [0.4, 0.5) is 4.39 Å². The molecule has 0 bridgehead atoms. The Kier molecular flexibility index (Phi) is 9.21. The number of halogens is 1. The summed E-state index contributed by atoms with van der Waals surface area (Å²) in [5.41, 5.74) is 0.0334. The molecule has 3 atom stereocenters. The molecule has 38 heavy (non-hydrogen) atoms. The molecule has 0 aliphatic heterocycles. The fraction of sp³-hybridized carbons (Fsp3) is 0.423. The fourth-order valence-corrected chi connectivity index (χ4v) is 3.54. The molecule has 1 heterocycles. The molecule has 12 heteroatoms. The second kappa shape index (κ2) is 12.3. The average molecular weight is 533 g/mol. The molecule has 1 N–H and O–H groups in total. The lowest BCUT2D eigenvalue weighted by atomic mass is 10.0. The first-order valence-corrected chi connectivity index (χ1v) is 11.8. The van der Waals surface area contributed by atoms with E-state index < -0.39 is 47.9 Å². The zero-order chi connectivity index (χ0) is 28.0. The van der Waals surface area contributed by atoms with E-state index in [9.17, 15) is 23.6 Å². The molecule has 1 saturated carbocycles. The number of hydrogen-bond donors (Lipinski definition) is 1. The zero-order valence-corrected chi connectivity index (χ0v) is 21.6. The number of amides is 1. The molecular formula is C26H29FN2O9. The predicted molar refractivity (Wildman–Crippen MR) is 129 cm³/mol. The fourth-order valence-electron chi connectivity index (χ4n) is 3.54. The van der Waals surface area contributed by atoms with Gasteiger partial charge in [-0.15, -0.1) is 0 Å². The first kappa shape index (κ1) is 28.4. The van der Waals surface area contributed by atoms with E-state index in [4.69, 9.17) is 23.7 Å². The third kappa shape index (κ3) is 6.96. The minimum atomic E-state index is -1.18. The van der Waals surface area contributed by atoms with E-state index in [1.807, 2.05) is 0 Å². The summed E-state index contributed by atoms with van der Waals surface area (Å²) in [5, 5.41) is 2.44. The lowest BCUT2D eigenvalue weighted by Crippen LogP contribution is -2.42. The molecule has 3 rings (SSSR count). The number of carbonyl (C=O) groups is 4. The van der Waals surface area contributed by atoms with Crippen LogP contribution in [0, 0.1) is 11.7 Å². The van der Waals surface area contributed by atoms with Gasteiger partial charge in [0.2, 0.25) is 5.75 Å². The van der Waals surface area contributed by atoms with Crippen LogP contribution in [0.25, 0.3) is 0 Å². The maximum absolute atomic E-state index is 13.8. The molecule has 1 aromatic carbocycles. The molecule has 11 nitrogen and oxygen atoms in total. The van der Waals surface area contributed by atoms with Crippen molar-refractivity contribution in [2.45, 2.75) is 51.9 Å². The van der Waals surface area contributed by atoms with Gasteiger partial charge in [0.25, 0.3) is 5.91 Å². The number of pyridine rings is 1. The van der Waals surface area contributed by atoms with Crippen molar-refractivity contribution in [2.75, 3.05) is 14.2 Å². The number of rotatable bonds is 11. The van der Waals surface area contributed by atoms with Crippen LogP contribution >= 0.6 is 0 Å². The van der Waals surface area contributed by atoms with Gasteiger partial charge in [-0.3, -0.25) is 14.4 Å². The van der Waals surface area contributed by atoms with Gasteiger partial charge in [0.05, 0.1) is 20.1 Å². The van der Waals surface area contributed by atoms with Crippen LogP contribution in [0.2, 0.25) is 0 Å². The van der Waals surface area contributed by atoms with Crippen molar-refractivity contribution >= 4 is 23.8 Å². The highest BCUT2D eigenvalue weighted by molar-refractivity contribution is 5.98. The summed E-state index contributed by atoms with van der Waals surface area (Å²) in [6.45, 7) is 4.03. The molecule has 0 radical (unpaired) electrons. The number of nitrogens with zero attached hydrogens (tertiary/aromatic N) is 1. The third-order valence-electron chi connectivity index (χ3n) is 5.63. The topological polar surface area (TPSA) is 139 Å². The molecule has 204 valence electrons. The van der Waals surface area contributed by atoms with Gasteiger partial charge in [0, 0.05) is 30.8 Å². The number of ether oxygens (including phenoxy) is 5. The van der Waals surface area contributed by atoms with Gasteiger partial charge < -0.3 is 29.0 Å². The van der Waals surface area contributed by atoms with E-state index in [2.05, 4.69) is 10.3 Å². The van der Waals surface area contributed by atoms with Crippen LogP contribution < -0.4 is 19.5 Å². The summed E-state index contributed by atoms with van der Waals surface area (Å²) in [5.74, 6) is -3.63. The number of nitrogens with one attached hydrogen (secondary N) is 1. The van der Waals surface area contributed by atoms with Crippen LogP contribution in [-0.2, 0) is 23.9 Å². The molecule has 1 aliphatic rings. The predicted octanol–water partition coefficient (Wildman–Crippen LogP) is 2.91. The molecular weight excluding hydrogens is 503 g/mol. The van der Waals surface area contributed by atoms with Crippen LogP contribution in [0.5, 0.6) is 17.2 Å². The van der Waals surface area contributed by atoms with Gasteiger partial charge in [-0.1, -0.05) is 0 Å². The number of benzene rings is 1. The summed E-state index contributed by atoms with van der Waals surface area (Å²) in [7, 11) is 2.66. The highest BCUT2D eigenvalue weighted by Gasteiger charge is 2.37. The normalized spacial score (nSPS) is 14.9. The molecule has 1 amide bonds. The van der Waals surface area contributed by atoms with Gasteiger partial charge in [0.15, 0.2) is 17.5 Å². The summed E-state index contributed by atoms with van der Waals surface area (Å²) in [6.07, 6.45) is 0.533. The van der Waals surface area contributed by atoms with E-state index in [0.717, 1.165) is 13.0 Å². The van der Waals surface area contributed by atoms with E-state index in [0.29, 0.717) is 18.4 Å². The molecule has 0 saturated heterocycles. The molecule has 1 fully saturated rings. The van der Waals surface area contributed by atoms with E-state index in [1.54, 1.807) is 0 Å². The Hall–Kier alpha value is -4.22. The van der Waals surface area contributed by atoms with Gasteiger partial charge in [-0.25, -0.2) is 14.2 Å². The number of carbonyl (C=O) groups excluding carboxylic acids is 4. The highest BCUT2D eigenvalue weighted by atomic mass is 19.1. The SMILES string of the molecule is COc1cc(F)ccc1[C@@H](OC(=O)C1CC1)[C@H](C)OC(=O)[C@H](C)NC(=O)c1nccc(OC)c1OC(C)=O. The van der Waals surface area contributed by atoms with Crippen molar-refractivity contribution in [2.24, 2.45) is 5.92 Å². The summed E-state index contributed by atoms with van der Waals surface area (Å²) < 4.78 is 40.4. The Bertz CT molecular complexity index is 1220. The largest absolute Gasteiger partial charge is 0.496 e. The van der Waals surface area contributed by atoms with Crippen molar-refractivity contribution in [3.05, 3.63) is 47.5 Å². The van der Waals surface area contributed by atoms with E-state index in [-0.39, 0.29) is 28.9 Å². The standard InChI is InChI=1S/C26H29FN2O9/c1-13(29-24(31)21-23(37-15(3)30)19(34-4)10-11-28-21)25(32)36-14(2)22(38-26(33)16-6-7-16)18-9-8-17(27)12-20(18)35-5/h8-14,16,22H,6-7H2,1-5H3,(H,29,31)/t13-,14-,22-/m0/s1. The van der Waals surface area contributed by atoms with Crippen LogP contribution in [0.1, 0.15) is 55.8 Å². The number of esters is 3.